The van der Waals surface area contributed by atoms with Gasteiger partial charge in [-0.2, -0.15) is 0 Å². The van der Waals surface area contributed by atoms with Gasteiger partial charge in [-0.25, -0.2) is 15.0 Å². The molecule has 3 aromatic heterocycles. The minimum absolute atomic E-state index is 0.0811. The van der Waals surface area contributed by atoms with E-state index < -0.39 is 0 Å². The van der Waals surface area contributed by atoms with Gasteiger partial charge in [0.2, 0.25) is 0 Å². The molecule has 0 amide bonds. The maximum Gasteiger partial charge on any atom is 0.281 e. The third-order valence-electron chi connectivity index (χ3n) is 4.03. The Morgan fingerprint density at radius 3 is 2.68 bits per heavy atom. The normalized spacial score (nSPS) is 12.7. The van der Waals surface area contributed by atoms with Gasteiger partial charge in [-0.3, -0.25) is 9.36 Å². The summed E-state index contributed by atoms with van der Waals surface area (Å²) in [7, 11) is 0. The Kier molecular flexibility index (Phi) is 4.71. The van der Waals surface area contributed by atoms with Gasteiger partial charge < -0.3 is 11.1 Å². The number of pyridine rings is 1. The van der Waals surface area contributed by atoms with Crippen molar-refractivity contribution in [1.29, 1.82) is 0 Å². The highest BCUT2D eigenvalue weighted by atomic mass is 32.1. The molecule has 8 heteroatoms. The molecule has 7 nitrogen and oxygen atoms in total. The van der Waals surface area contributed by atoms with Crippen LogP contribution in [0.4, 0.5) is 11.5 Å². The number of nitrogens with zero attached hydrogens (tertiary/aromatic N) is 4. The molecule has 132 valence electrons. The molecule has 0 aliphatic rings. The van der Waals surface area contributed by atoms with Gasteiger partial charge in [0.05, 0.1) is 5.69 Å². The van der Waals surface area contributed by atoms with Gasteiger partial charge >= 0.3 is 0 Å². The lowest BCUT2D eigenvalue weighted by Gasteiger charge is -2.18. The summed E-state index contributed by atoms with van der Waals surface area (Å²) < 4.78 is 1.64. The molecule has 0 aliphatic carbocycles. The van der Waals surface area contributed by atoms with Crippen LogP contribution in [0.25, 0.3) is 21.9 Å². The van der Waals surface area contributed by atoms with Gasteiger partial charge in [-0.15, -0.1) is 11.3 Å². The number of anilines is 2. The highest BCUT2D eigenvalue weighted by molar-refractivity contribution is 7.13. The number of thiazole rings is 1. The molecule has 0 saturated carbocycles. The molecule has 0 spiro atoms. The third kappa shape index (κ3) is 3.21. The zero-order valence-corrected chi connectivity index (χ0v) is 15.6. The first-order valence-electron chi connectivity index (χ1n) is 8.31. The fourth-order valence-corrected chi connectivity index (χ4v) is 3.20. The molecule has 3 heterocycles. The van der Waals surface area contributed by atoms with Crippen LogP contribution in [-0.4, -0.2) is 25.6 Å². The number of nitrogen functional groups attached to an aromatic ring is 1. The first-order valence-corrected chi connectivity index (χ1v) is 9.19. The Balaban J connectivity index is 2.30. The van der Waals surface area contributed by atoms with Crippen molar-refractivity contribution in [3.05, 3.63) is 28.0 Å². The second-order valence-corrected chi connectivity index (χ2v) is 7.18. The Bertz CT molecular complexity index is 948. The van der Waals surface area contributed by atoms with Crippen LogP contribution in [0.2, 0.25) is 0 Å². The highest BCUT2D eigenvalue weighted by Gasteiger charge is 2.19. The molecule has 0 bridgehead atoms. The summed E-state index contributed by atoms with van der Waals surface area (Å²) in [6.45, 7) is 8.05. The van der Waals surface area contributed by atoms with Gasteiger partial charge in [0.25, 0.3) is 5.56 Å². The molecule has 0 aliphatic heterocycles. The molecule has 1 atom stereocenters. The molecule has 1 unspecified atom stereocenters. The zero-order chi connectivity index (χ0) is 18.1. The van der Waals surface area contributed by atoms with Crippen LogP contribution in [0, 0.1) is 0 Å². The number of hydrogen-bond acceptors (Lipinski definition) is 7. The monoisotopic (exact) mass is 358 g/mol. The van der Waals surface area contributed by atoms with E-state index in [1.807, 2.05) is 19.2 Å². The summed E-state index contributed by atoms with van der Waals surface area (Å²) in [5, 5.41) is 5.71. The van der Waals surface area contributed by atoms with Crippen molar-refractivity contribution in [2.24, 2.45) is 0 Å². The molecule has 0 aromatic carbocycles. The van der Waals surface area contributed by atoms with Gasteiger partial charge in [0, 0.05) is 29.7 Å². The third-order valence-corrected chi connectivity index (χ3v) is 4.81. The van der Waals surface area contributed by atoms with Crippen molar-refractivity contribution in [2.75, 3.05) is 11.1 Å². The maximum atomic E-state index is 13.0. The largest absolute Gasteiger partial charge is 0.397 e. The second kappa shape index (κ2) is 6.79. The lowest BCUT2D eigenvalue weighted by atomic mass is 10.2. The lowest BCUT2D eigenvalue weighted by molar-refractivity contribution is 0.594. The molecule has 0 fully saturated rings. The van der Waals surface area contributed by atoms with E-state index in [-0.39, 0.29) is 17.6 Å². The molecule has 3 N–H and O–H groups in total. The summed E-state index contributed by atoms with van der Waals surface area (Å²) in [4.78, 5) is 26.3. The van der Waals surface area contributed by atoms with Gasteiger partial charge in [-0.05, 0) is 27.2 Å². The second-order valence-electron chi connectivity index (χ2n) is 6.29. The van der Waals surface area contributed by atoms with Crippen molar-refractivity contribution >= 4 is 34.0 Å². The summed E-state index contributed by atoms with van der Waals surface area (Å²) in [5.74, 6) is 0.650. The van der Waals surface area contributed by atoms with Gasteiger partial charge in [-0.1, -0.05) is 6.92 Å². The number of hydrogen-bond donors (Lipinski definition) is 2. The SMILES string of the molecule is CCC(C)Nc1cc(N)c2nc(-c3nccs3)c(=O)n(C(C)C)c2n1. The fourth-order valence-electron chi connectivity index (χ4n) is 2.58. The Hall–Kier alpha value is -2.48. The van der Waals surface area contributed by atoms with E-state index in [2.05, 4.69) is 34.1 Å². The first-order chi connectivity index (χ1) is 11.9. The van der Waals surface area contributed by atoms with Crippen LogP contribution in [-0.2, 0) is 0 Å². The first kappa shape index (κ1) is 17.3. The van der Waals surface area contributed by atoms with Crippen LogP contribution in [0.1, 0.15) is 40.2 Å². The van der Waals surface area contributed by atoms with Crippen molar-refractivity contribution in [3.63, 3.8) is 0 Å². The van der Waals surface area contributed by atoms with Crippen LogP contribution in [0.3, 0.4) is 0 Å². The van der Waals surface area contributed by atoms with Crippen LogP contribution in [0.15, 0.2) is 22.4 Å². The Morgan fingerprint density at radius 1 is 1.32 bits per heavy atom. The van der Waals surface area contributed by atoms with Crippen molar-refractivity contribution in [1.82, 2.24) is 19.5 Å². The predicted octanol–water partition coefficient (Wildman–Crippen LogP) is 3.29. The molecule has 25 heavy (non-hydrogen) atoms. The van der Waals surface area contributed by atoms with Crippen molar-refractivity contribution in [2.45, 2.75) is 46.2 Å². The average molecular weight is 358 g/mol. The number of rotatable bonds is 5. The minimum atomic E-state index is -0.204. The van der Waals surface area contributed by atoms with E-state index in [9.17, 15) is 4.79 Å². The highest BCUT2D eigenvalue weighted by Crippen LogP contribution is 2.26. The summed E-state index contributed by atoms with van der Waals surface area (Å²) in [5.41, 5.74) is 7.85. The maximum absolute atomic E-state index is 13.0. The predicted molar refractivity (Wildman–Crippen MR) is 103 cm³/mol. The summed E-state index contributed by atoms with van der Waals surface area (Å²) in [6, 6.07) is 1.94. The number of aromatic nitrogens is 4. The smallest absolute Gasteiger partial charge is 0.281 e. The lowest BCUT2D eigenvalue weighted by Crippen LogP contribution is -2.26. The summed E-state index contributed by atoms with van der Waals surface area (Å²) in [6.07, 6.45) is 2.61. The molecular formula is C17H22N6OS. The van der Waals surface area contributed by atoms with E-state index in [1.54, 1.807) is 16.8 Å². The van der Waals surface area contributed by atoms with E-state index in [4.69, 9.17) is 5.73 Å². The Labute approximate surface area is 150 Å². The molecular weight excluding hydrogens is 336 g/mol. The van der Waals surface area contributed by atoms with Crippen LogP contribution < -0.4 is 16.6 Å². The molecule has 3 rings (SSSR count). The topological polar surface area (TPSA) is 98.7 Å². The van der Waals surface area contributed by atoms with Crippen LogP contribution in [0.5, 0.6) is 0 Å². The number of fused-ring (bicyclic) bond motifs is 1. The van der Waals surface area contributed by atoms with Gasteiger partial charge in [0.15, 0.2) is 11.3 Å². The summed E-state index contributed by atoms with van der Waals surface area (Å²) >= 11 is 1.38. The molecule has 0 saturated heterocycles. The van der Waals surface area contributed by atoms with E-state index in [0.29, 0.717) is 33.4 Å². The molecule has 0 radical (unpaired) electrons. The zero-order valence-electron chi connectivity index (χ0n) is 14.8. The number of nitrogens with two attached hydrogens (primary N) is 1. The van der Waals surface area contributed by atoms with Gasteiger partial charge in [0.1, 0.15) is 16.3 Å². The number of nitrogens with one attached hydrogen (secondary N) is 1. The van der Waals surface area contributed by atoms with Crippen molar-refractivity contribution < 1.29 is 0 Å². The van der Waals surface area contributed by atoms with Crippen LogP contribution >= 0.6 is 11.3 Å². The average Bonchev–Trinajstić information content (AvgIpc) is 3.08. The van der Waals surface area contributed by atoms with Crippen molar-refractivity contribution in [3.8, 4) is 10.7 Å². The van der Waals surface area contributed by atoms with E-state index >= 15 is 0 Å². The molecule has 3 aromatic rings. The fraction of sp³-hybridized carbons (Fsp3) is 0.412. The quantitative estimate of drug-likeness (QED) is 0.726. The standard InChI is InChI=1S/C17H22N6OS/c1-5-10(4)20-12-8-11(18)13-15(21-12)23(9(2)3)17(24)14(22-13)16-19-6-7-25-16/h6-10H,5H2,1-4H3,(H3,18,20,21). The minimum Gasteiger partial charge on any atom is -0.397 e. The Morgan fingerprint density at radius 2 is 2.08 bits per heavy atom. The van der Waals surface area contributed by atoms with E-state index in [1.165, 1.54) is 11.3 Å². The van der Waals surface area contributed by atoms with E-state index in [0.717, 1.165) is 6.42 Å².